The third-order valence-corrected chi connectivity index (χ3v) is 8.22. The minimum Gasteiger partial charge on any atom is -0.385 e. The van der Waals surface area contributed by atoms with E-state index in [9.17, 15) is 0 Å². The maximum Gasteiger partial charge on any atom is 0.0354 e. The average Bonchev–Trinajstić information content (AvgIpc) is 3.68. The number of allylic oxidation sites excluding steroid dienone is 5. The Labute approximate surface area is 188 Å². The van der Waals surface area contributed by atoms with Gasteiger partial charge in [-0.1, -0.05) is 36.5 Å². The van der Waals surface area contributed by atoms with Gasteiger partial charge in [-0.2, -0.15) is 0 Å². The molecule has 30 heavy (non-hydrogen) atoms. The number of nitrogens with one attached hydrogen (secondary N) is 1. The van der Waals surface area contributed by atoms with Crippen molar-refractivity contribution in [1.82, 2.24) is 5.32 Å². The molecule has 0 aromatic carbocycles. The van der Waals surface area contributed by atoms with Crippen LogP contribution in [0.5, 0.6) is 0 Å². The molecule has 0 spiro atoms. The standard InChI is InChI=1S/C23H31NS.C5H8/c1-16(24-15-20-10-11-20)23-17(2)25-22-13-12-19(14-21(22)23)9-8-18-6-4-3-5-7-18;1-2-5-3-4-5/h4,6-7,19-20,24H,1,3,5,8-15H2,2H3;2,5H,1,3-4H2. The third kappa shape index (κ3) is 6.00. The minimum atomic E-state index is 0.840. The first-order valence-electron chi connectivity index (χ1n) is 12.2. The molecule has 2 fully saturated rings. The van der Waals surface area contributed by atoms with E-state index in [1.54, 1.807) is 16.0 Å². The van der Waals surface area contributed by atoms with E-state index in [2.05, 4.69) is 43.6 Å². The van der Waals surface area contributed by atoms with E-state index in [0.717, 1.165) is 24.3 Å². The summed E-state index contributed by atoms with van der Waals surface area (Å²) in [6, 6.07) is 0. The molecule has 5 rings (SSSR count). The molecule has 1 N–H and O–H groups in total. The van der Waals surface area contributed by atoms with Crippen molar-refractivity contribution in [1.29, 1.82) is 0 Å². The van der Waals surface area contributed by atoms with Gasteiger partial charge < -0.3 is 5.32 Å². The summed E-state index contributed by atoms with van der Waals surface area (Å²) in [6.45, 7) is 11.4. The molecule has 0 radical (unpaired) electrons. The second-order valence-corrected chi connectivity index (χ2v) is 11.0. The van der Waals surface area contributed by atoms with E-state index in [-0.39, 0.29) is 0 Å². The monoisotopic (exact) mass is 421 g/mol. The first kappa shape index (κ1) is 21.7. The highest BCUT2D eigenvalue weighted by atomic mass is 32.1. The van der Waals surface area contributed by atoms with Crippen LogP contribution in [0.15, 0.2) is 43.0 Å². The summed E-state index contributed by atoms with van der Waals surface area (Å²) in [5.41, 5.74) is 5.83. The zero-order valence-corrected chi connectivity index (χ0v) is 19.7. The van der Waals surface area contributed by atoms with Gasteiger partial charge in [0, 0.05) is 27.6 Å². The van der Waals surface area contributed by atoms with Crippen molar-refractivity contribution in [2.24, 2.45) is 17.8 Å². The van der Waals surface area contributed by atoms with Crippen LogP contribution >= 0.6 is 11.3 Å². The van der Waals surface area contributed by atoms with E-state index in [1.807, 2.05) is 17.4 Å². The fourth-order valence-corrected chi connectivity index (χ4v) is 5.91. The van der Waals surface area contributed by atoms with Crippen molar-refractivity contribution in [3.8, 4) is 0 Å². The molecule has 2 saturated carbocycles. The maximum atomic E-state index is 4.39. The lowest BCUT2D eigenvalue weighted by molar-refractivity contribution is 0.430. The van der Waals surface area contributed by atoms with Gasteiger partial charge in [0.25, 0.3) is 0 Å². The molecule has 0 amide bonds. The molecular weight excluding hydrogens is 382 g/mol. The summed E-state index contributed by atoms with van der Waals surface area (Å²) >= 11 is 2.02. The van der Waals surface area contributed by atoms with Crippen LogP contribution in [0.3, 0.4) is 0 Å². The quantitative estimate of drug-likeness (QED) is 0.423. The predicted molar refractivity (Wildman–Crippen MR) is 133 cm³/mol. The van der Waals surface area contributed by atoms with Crippen molar-refractivity contribution < 1.29 is 0 Å². The molecule has 4 aliphatic rings. The predicted octanol–water partition coefficient (Wildman–Crippen LogP) is 7.77. The zero-order valence-electron chi connectivity index (χ0n) is 18.8. The summed E-state index contributed by atoms with van der Waals surface area (Å²) in [5.74, 6) is 2.64. The molecule has 1 unspecified atom stereocenters. The van der Waals surface area contributed by atoms with Crippen LogP contribution in [0.25, 0.3) is 5.70 Å². The van der Waals surface area contributed by atoms with Crippen LogP contribution in [0, 0.1) is 24.7 Å². The van der Waals surface area contributed by atoms with Crippen LogP contribution in [0.4, 0.5) is 0 Å². The lowest BCUT2D eigenvalue weighted by atomic mass is 9.82. The normalized spacial score (nSPS) is 22.4. The van der Waals surface area contributed by atoms with Gasteiger partial charge in [0.2, 0.25) is 0 Å². The van der Waals surface area contributed by atoms with Crippen LogP contribution < -0.4 is 5.32 Å². The summed E-state index contributed by atoms with van der Waals surface area (Å²) in [7, 11) is 0. The van der Waals surface area contributed by atoms with Gasteiger partial charge in [0.05, 0.1) is 0 Å². The van der Waals surface area contributed by atoms with Crippen LogP contribution in [0.2, 0.25) is 0 Å². The molecule has 0 bridgehead atoms. The van der Waals surface area contributed by atoms with Gasteiger partial charge in [-0.25, -0.2) is 0 Å². The molecule has 162 valence electrons. The Morgan fingerprint density at radius 3 is 2.63 bits per heavy atom. The molecule has 1 atom stereocenters. The largest absolute Gasteiger partial charge is 0.385 e. The highest BCUT2D eigenvalue weighted by molar-refractivity contribution is 7.12. The van der Waals surface area contributed by atoms with E-state index in [1.165, 1.54) is 86.8 Å². The summed E-state index contributed by atoms with van der Waals surface area (Å²) in [5, 5.41) is 3.63. The van der Waals surface area contributed by atoms with Crippen molar-refractivity contribution in [3.05, 3.63) is 63.9 Å². The molecule has 1 nitrogen and oxygen atoms in total. The molecule has 1 aromatic rings. The molecular formula is C28H39NS. The molecule has 1 aromatic heterocycles. The van der Waals surface area contributed by atoms with Gasteiger partial charge in [-0.3, -0.25) is 0 Å². The zero-order chi connectivity index (χ0) is 20.9. The molecule has 0 saturated heterocycles. The second kappa shape index (κ2) is 10.2. The third-order valence-electron chi connectivity index (χ3n) is 7.01. The first-order valence-corrected chi connectivity index (χ1v) is 13.0. The Kier molecular flexibility index (Phi) is 7.36. The summed E-state index contributed by atoms with van der Waals surface area (Å²) in [6.07, 6.45) is 23.7. The van der Waals surface area contributed by atoms with Crippen molar-refractivity contribution in [2.75, 3.05) is 6.54 Å². The molecule has 4 aliphatic carbocycles. The highest BCUT2D eigenvalue weighted by Gasteiger charge is 2.27. The lowest BCUT2D eigenvalue weighted by Gasteiger charge is -2.24. The van der Waals surface area contributed by atoms with Crippen molar-refractivity contribution in [3.63, 3.8) is 0 Å². The maximum absolute atomic E-state index is 4.39. The van der Waals surface area contributed by atoms with E-state index in [0.29, 0.717) is 0 Å². The molecule has 1 heterocycles. The van der Waals surface area contributed by atoms with Gasteiger partial charge >= 0.3 is 0 Å². The van der Waals surface area contributed by atoms with Gasteiger partial charge in [-0.15, -0.1) is 17.9 Å². The Hall–Kier alpha value is -1.54. The SMILES string of the molecule is C=C(NCC1CC1)c1c(C)sc2c1CC(CCC1=CCCC=C1)CC2.C=CC1CC1. The van der Waals surface area contributed by atoms with E-state index < -0.39 is 0 Å². The van der Waals surface area contributed by atoms with Crippen molar-refractivity contribution >= 4 is 17.0 Å². The summed E-state index contributed by atoms with van der Waals surface area (Å²) in [4.78, 5) is 3.10. The van der Waals surface area contributed by atoms with Gasteiger partial charge in [0.15, 0.2) is 0 Å². The Morgan fingerprint density at radius 2 is 2.00 bits per heavy atom. The smallest absolute Gasteiger partial charge is 0.0354 e. The first-order chi connectivity index (χ1) is 14.6. The Balaban J connectivity index is 0.000000383. The van der Waals surface area contributed by atoms with Crippen LogP contribution in [0.1, 0.15) is 78.7 Å². The number of rotatable bonds is 8. The average molecular weight is 422 g/mol. The van der Waals surface area contributed by atoms with Gasteiger partial charge in [0.1, 0.15) is 0 Å². The van der Waals surface area contributed by atoms with Crippen LogP contribution in [-0.4, -0.2) is 6.54 Å². The second-order valence-electron chi connectivity index (χ2n) is 9.72. The van der Waals surface area contributed by atoms with E-state index in [4.69, 9.17) is 0 Å². The minimum absolute atomic E-state index is 0.840. The van der Waals surface area contributed by atoms with Crippen LogP contribution in [-0.2, 0) is 12.8 Å². The Morgan fingerprint density at radius 1 is 1.17 bits per heavy atom. The van der Waals surface area contributed by atoms with E-state index >= 15 is 0 Å². The fraction of sp³-hybridized carbons (Fsp3) is 0.571. The number of fused-ring (bicyclic) bond motifs is 1. The topological polar surface area (TPSA) is 12.0 Å². The van der Waals surface area contributed by atoms with Gasteiger partial charge in [-0.05, 0) is 101 Å². The number of aryl methyl sites for hydroxylation is 2. The number of thiophene rings is 1. The lowest BCUT2D eigenvalue weighted by Crippen LogP contribution is -2.18. The molecule has 2 heteroatoms. The fourth-order valence-electron chi connectivity index (χ4n) is 4.67. The highest BCUT2D eigenvalue weighted by Crippen LogP contribution is 2.40. The number of hydrogen-bond donors (Lipinski definition) is 1. The number of hydrogen-bond acceptors (Lipinski definition) is 2. The Bertz CT molecular complexity index is 816. The summed E-state index contributed by atoms with van der Waals surface area (Å²) < 4.78 is 0. The van der Waals surface area contributed by atoms with Crippen molar-refractivity contribution in [2.45, 2.75) is 77.6 Å². The molecule has 0 aliphatic heterocycles.